The van der Waals surface area contributed by atoms with Crippen LogP contribution in [0, 0.1) is 0 Å². The van der Waals surface area contributed by atoms with Crippen molar-refractivity contribution in [3.63, 3.8) is 0 Å². The molecule has 0 spiro atoms. The van der Waals surface area contributed by atoms with E-state index in [4.69, 9.17) is 13.9 Å². The van der Waals surface area contributed by atoms with Crippen LogP contribution in [0.1, 0.15) is 12.0 Å². The van der Waals surface area contributed by atoms with Gasteiger partial charge in [0.05, 0.1) is 5.39 Å². The number of carbonyl (C=O) groups excluding carboxylic acids is 1. The van der Waals surface area contributed by atoms with E-state index in [0.717, 1.165) is 16.3 Å². The number of aryl methyl sites for hydroxylation is 1. The Bertz CT molecular complexity index is 1500. The predicted molar refractivity (Wildman–Crippen MR) is 127 cm³/mol. The van der Waals surface area contributed by atoms with Crippen LogP contribution < -0.4 is 14.9 Å². The van der Waals surface area contributed by atoms with Crippen molar-refractivity contribution in [2.45, 2.75) is 12.8 Å². The molecule has 0 amide bonds. The number of rotatable bonds is 6. The van der Waals surface area contributed by atoms with Crippen molar-refractivity contribution in [2.75, 3.05) is 0 Å². The minimum Gasteiger partial charge on any atom is -0.460 e. The van der Waals surface area contributed by atoms with Crippen molar-refractivity contribution in [3.8, 4) is 17.2 Å². The Balaban J connectivity index is 1.31. The second-order valence-electron chi connectivity index (χ2n) is 7.66. The monoisotopic (exact) mass is 436 g/mol. The van der Waals surface area contributed by atoms with E-state index < -0.39 is 0 Å². The number of ether oxygens (including phenoxy) is 2. The Morgan fingerprint density at radius 2 is 1.55 bits per heavy atom. The van der Waals surface area contributed by atoms with Gasteiger partial charge in [0, 0.05) is 12.5 Å². The van der Waals surface area contributed by atoms with Crippen molar-refractivity contribution >= 4 is 27.7 Å². The molecule has 5 rings (SSSR count). The molecule has 0 saturated heterocycles. The van der Waals surface area contributed by atoms with Gasteiger partial charge < -0.3 is 13.9 Å². The first-order valence-electron chi connectivity index (χ1n) is 10.6. The number of fused-ring (bicyclic) bond motifs is 2. The highest BCUT2D eigenvalue weighted by atomic mass is 16.5. The smallest absolute Gasteiger partial charge is 0.311 e. The minimum atomic E-state index is -0.350. The SMILES string of the molecule is O=C(CCc1ccccc1)Oc1ccc2c(=O)c(Oc3ccc4ccccc4c3)coc2c1. The number of hydrogen-bond donors (Lipinski definition) is 0. The highest BCUT2D eigenvalue weighted by Gasteiger charge is 2.12. The molecular formula is C28H20O5. The van der Waals surface area contributed by atoms with Crippen LogP contribution in [-0.2, 0) is 11.2 Å². The molecule has 0 saturated carbocycles. The lowest BCUT2D eigenvalue weighted by molar-refractivity contribution is -0.134. The van der Waals surface area contributed by atoms with Crippen LogP contribution in [0.2, 0.25) is 0 Å². The highest BCUT2D eigenvalue weighted by molar-refractivity contribution is 5.84. The van der Waals surface area contributed by atoms with Crippen LogP contribution in [0.15, 0.2) is 106 Å². The van der Waals surface area contributed by atoms with Crippen LogP contribution in [-0.4, -0.2) is 5.97 Å². The van der Waals surface area contributed by atoms with Crippen molar-refractivity contribution in [1.82, 2.24) is 0 Å². The molecule has 0 aliphatic heterocycles. The summed E-state index contributed by atoms with van der Waals surface area (Å²) in [6.45, 7) is 0. The zero-order valence-corrected chi connectivity index (χ0v) is 17.7. The third-order valence-electron chi connectivity index (χ3n) is 5.36. The summed E-state index contributed by atoms with van der Waals surface area (Å²) in [5, 5.41) is 2.44. The maximum Gasteiger partial charge on any atom is 0.311 e. The molecule has 5 aromatic rings. The van der Waals surface area contributed by atoms with Gasteiger partial charge in [-0.3, -0.25) is 9.59 Å². The Morgan fingerprint density at radius 3 is 2.39 bits per heavy atom. The van der Waals surface area contributed by atoms with Gasteiger partial charge in [0.2, 0.25) is 11.2 Å². The summed E-state index contributed by atoms with van der Waals surface area (Å²) in [7, 11) is 0. The van der Waals surface area contributed by atoms with Crippen LogP contribution >= 0.6 is 0 Å². The Hall–Kier alpha value is -4.38. The number of hydrogen-bond acceptors (Lipinski definition) is 5. The van der Waals surface area contributed by atoms with E-state index in [1.54, 1.807) is 12.1 Å². The molecule has 1 aromatic heterocycles. The van der Waals surface area contributed by atoms with Crippen LogP contribution in [0.3, 0.4) is 0 Å². The maximum atomic E-state index is 12.9. The topological polar surface area (TPSA) is 65.7 Å². The van der Waals surface area contributed by atoms with E-state index >= 15 is 0 Å². The average Bonchev–Trinajstić information content (AvgIpc) is 2.85. The van der Waals surface area contributed by atoms with Gasteiger partial charge in [-0.05, 0) is 47.0 Å². The zero-order chi connectivity index (χ0) is 22.6. The summed E-state index contributed by atoms with van der Waals surface area (Å²) in [5.41, 5.74) is 1.09. The van der Waals surface area contributed by atoms with Gasteiger partial charge >= 0.3 is 5.97 Å². The van der Waals surface area contributed by atoms with Crippen molar-refractivity contribution in [2.24, 2.45) is 0 Å². The van der Waals surface area contributed by atoms with Gasteiger partial charge in [-0.15, -0.1) is 0 Å². The standard InChI is InChI=1S/C28H20O5/c29-27(15-10-19-6-2-1-3-7-19)33-23-13-14-24-25(17-23)31-18-26(28(24)30)32-22-12-11-20-8-4-5-9-21(20)16-22/h1-9,11-14,16-18H,10,15H2. The molecule has 0 fully saturated rings. The molecule has 4 aromatic carbocycles. The number of benzene rings is 4. The summed E-state index contributed by atoms with van der Waals surface area (Å²) >= 11 is 0. The van der Waals surface area contributed by atoms with E-state index in [0.29, 0.717) is 28.9 Å². The Morgan fingerprint density at radius 1 is 0.788 bits per heavy atom. The first-order chi connectivity index (χ1) is 16.2. The summed E-state index contributed by atoms with van der Waals surface area (Å²) in [4.78, 5) is 25.1. The van der Waals surface area contributed by atoms with Gasteiger partial charge in [0.15, 0.2) is 0 Å². The van der Waals surface area contributed by atoms with Gasteiger partial charge in [-0.25, -0.2) is 0 Å². The quantitative estimate of drug-likeness (QED) is 0.232. The molecule has 0 unspecified atom stereocenters. The second kappa shape index (κ2) is 9.01. The predicted octanol–water partition coefficient (Wildman–Crippen LogP) is 6.28. The minimum absolute atomic E-state index is 0.0883. The van der Waals surface area contributed by atoms with Gasteiger partial charge in [0.25, 0.3) is 0 Å². The van der Waals surface area contributed by atoms with Crippen molar-refractivity contribution < 1.29 is 18.7 Å². The third-order valence-corrected chi connectivity index (χ3v) is 5.36. The Labute approximate surface area is 189 Å². The number of esters is 1. The summed E-state index contributed by atoms with van der Waals surface area (Å²) < 4.78 is 16.8. The van der Waals surface area contributed by atoms with Gasteiger partial charge in [0.1, 0.15) is 23.3 Å². The molecule has 0 radical (unpaired) electrons. The van der Waals surface area contributed by atoms with E-state index in [-0.39, 0.29) is 23.6 Å². The van der Waals surface area contributed by atoms with E-state index in [1.165, 1.54) is 12.3 Å². The molecule has 5 heteroatoms. The fraction of sp³-hybridized carbons (Fsp3) is 0.0714. The molecule has 1 heterocycles. The molecule has 162 valence electrons. The van der Waals surface area contributed by atoms with Crippen molar-refractivity contribution in [1.29, 1.82) is 0 Å². The summed E-state index contributed by atoms with van der Waals surface area (Å²) in [5.74, 6) is 0.610. The molecule has 5 nitrogen and oxygen atoms in total. The molecule has 0 N–H and O–H groups in total. The average molecular weight is 436 g/mol. The fourth-order valence-electron chi connectivity index (χ4n) is 3.66. The van der Waals surface area contributed by atoms with Crippen molar-refractivity contribution in [3.05, 3.63) is 113 Å². The van der Waals surface area contributed by atoms with Crippen LogP contribution in [0.25, 0.3) is 21.7 Å². The van der Waals surface area contributed by atoms with E-state index in [9.17, 15) is 9.59 Å². The molecular weight excluding hydrogens is 416 g/mol. The van der Waals surface area contributed by atoms with E-state index in [2.05, 4.69) is 0 Å². The second-order valence-corrected chi connectivity index (χ2v) is 7.66. The summed E-state index contributed by atoms with van der Waals surface area (Å²) in [6, 6.07) is 28.0. The van der Waals surface area contributed by atoms with Gasteiger partial charge in [-0.2, -0.15) is 0 Å². The third kappa shape index (κ3) is 4.62. The summed E-state index contributed by atoms with van der Waals surface area (Å²) in [6.07, 6.45) is 2.13. The first kappa shape index (κ1) is 20.5. The lowest BCUT2D eigenvalue weighted by Gasteiger charge is -2.08. The number of carbonyl (C=O) groups is 1. The molecule has 0 bridgehead atoms. The maximum absolute atomic E-state index is 12.9. The fourth-order valence-corrected chi connectivity index (χ4v) is 3.66. The molecule has 0 aliphatic carbocycles. The Kier molecular flexibility index (Phi) is 5.60. The van der Waals surface area contributed by atoms with Crippen LogP contribution in [0.5, 0.6) is 17.2 Å². The zero-order valence-electron chi connectivity index (χ0n) is 17.7. The lowest BCUT2D eigenvalue weighted by atomic mass is 10.1. The normalized spacial score (nSPS) is 10.9. The molecule has 0 atom stereocenters. The van der Waals surface area contributed by atoms with Crippen LogP contribution in [0.4, 0.5) is 0 Å². The lowest BCUT2D eigenvalue weighted by Crippen LogP contribution is -2.09. The largest absolute Gasteiger partial charge is 0.460 e. The first-order valence-corrected chi connectivity index (χ1v) is 10.6. The van der Waals surface area contributed by atoms with E-state index in [1.807, 2.05) is 72.8 Å². The molecule has 0 aliphatic rings. The highest BCUT2D eigenvalue weighted by Crippen LogP contribution is 2.26. The molecule has 33 heavy (non-hydrogen) atoms. The van der Waals surface area contributed by atoms with Gasteiger partial charge in [-0.1, -0.05) is 60.7 Å².